The van der Waals surface area contributed by atoms with Gasteiger partial charge < -0.3 is 10.6 Å². The highest BCUT2D eigenvalue weighted by Crippen LogP contribution is 2.03. The molecule has 0 aromatic carbocycles. The van der Waals surface area contributed by atoms with E-state index in [-0.39, 0.29) is 5.91 Å². The summed E-state index contributed by atoms with van der Waals surface area (Å²) in [5.74, 6) is -0.0220. The summed E-state index contributed by atoms with van der Waals surface area (Å²) in [6, 6.07) is 1.99. The van der Waals surface area contributed by atoms with E-state index in [1.54, 1.807) is 0 Å². The molecule has 0 spiro atoms. The second-order valence-electron chi connectivity index (χ2n) is 4.20. The van der Waals surface area contributed by atoms with Crippen LogP contribution in [0.2, 0.25) is 0 Å². The quantitative estimate of drug-likeness (QED) is 0.542. The van der Waals surface area contributed by atoms with Gasteiger partial charge in [0.25, 0.3) is 0 Å². The summed E-state index contributed by atoms with van der Waals surface area (Å²) < 4.78 is 0. The van der Waals surface area contributed by atoms with Crippen LogP contribution in [-0.4, -0.2) is 25.5 Å². The van der Waals surface area contributed by atoms with Gasteiger partial charge in [-0.2, -0.15) is 5.26 Å². The Bertz CT molecular complexity index is 223. The maximum Gasteiger partial charge on any atom is 0.233 e. The van der Waals surface area contributed by atoms with Crippen LogP contribution in [0.4, 0.5) is 0 Å². The fourth-order valence-corrected chi connectivity index (χ4v) is 1.55. The molecule has 0 saturated carbocycles. The molecule has 4 nitrogen and oxygen atoms in total. The number of hydrogen-bond donors (Lipinski definition) is 2. The largest absolute Gasteiger partial charge is 0.354 e. The molecule has 0 aliphatic rings. The van der Waals surface area contributed by atoms with Gasteiger partial charge in [0.2, 0.25) is 5.91 Å². The van der Waals surface area contributed by atoms with Crippen molar-refractivity contribution in [1.29, 1.82) is 5.26 Å². The zero-order valence-electron chi connectivity index (χ0n) is 10.9. The molecule has 0 aromatic heterocycles. The van der Waals surface area contributed by atoms with Gasteiger partial charge in [0.05, 0.1) is 19.0 Å². The number of rotatable bonds is 11. The maximum absolute atomic E-state index is 11.2. The maximum atomic E-state index is 11.2. The van der Waals surface area contributed by atoms with Crippen LogP contribution >= 0.6 is 0 Å². The van der Waals surface area contributed by atoms with Crippen molar-refractivity contribution in [1.82, 2.24) is 10.6 Å². The van der Waals surface area contributed by atoms with E-state index in [0.717, 1.165) is 13.0 Å². The van der Waals surface area contributed by atoms with E-state index in [1.807, 2.05) is 6.07 Å². The molecule has 0 saturated heterocycles. The van der Waals surface area contributed by atoms with Crippen LogP contribution in [0.5, 0.6) is 0 Å². The molecule has 98 valence electrons. The standard InChI is InChI=1S/C13H25N3O/c1-2-3-4-5-6-7-10-15-12-13(17)16-11-8-9-14/h15H,2-8,10-12H2,1H3,(H,16,17). The molecule has 2 N–H and O–H groups in total. The summed E-state index contributed by atoms with van der Waals surface area (Å²) in [5, 5.41) is 14.1. The predicted octanol–water partition coefficient (Wildman–Crippen LogP) is 1.97. The molecule has 0 rings (SSSR count). The molecule has 0 bridgehead atoms. The molecule has 0 unspecified atom stereocenters. The Balaban J connectivity index is 3.11. The van der Waals surface area contributed by atoms with E-state index in [2.05, 4.69) is 17.6 Å². The Hall–Kier alpha value is -1.08. The van der Waals surface area contributed by atoms with Crippen LogP contribution in [-0.2, 0) is 4.79 Å². The summed E-state index contributed by atoms with van der Waals surface area (Å²) in [5.41, 5.74) is 0. The number of nitrogens with zero attached hydrogens (tertiary/aromatic N) is 1. The molecule has 0 aromatic rings. The first-order valence-corrected chi connectivity index (χ1v) is 6.65. The molecule has 0 fully saturated rings. The van der Waals surface area contributed by atoms with Gasteiger partial charge in [-0.15, -0.1) is 0 Å². The summed E-state index contributed by atoms with van der Waals surface area (Å²) in [4.78, 5) is 11.2. The smallest absolute Gasteiger partial charge is 0.233 e. The molecule has 0 atom stereocenters. The van der Waals surface area contributed by atoms with Crippen LogP contribution in [0, 0.1) is 11.3 Å². The first-order chi connectivity index (χ1) is 8.31. The fourth-order valence-electron chi connectivity index (χ4n) is 1.55. The number of nitrogens with one attached hydrogen (secondary N) is 2. The van der Waals surface area contributed by atoms with Gasteiger partial charge in [-0.25, -0.2) is 0 Å². The predicted molar refractivity (Wildman–Crippen MR) is 69.5 cm³/mol. The zero-order valence-corrected chi connectivity index (χ0v) is 10.9. The third-order valence-electron chi connectivity index (χ3n) is 2.55. The number of carbonyl (C=O) groups is 1. The van der Waals surface area contributed by atoms with Gasteiger partial charge in [-0.05, 0) is 13.0 Å². The summed E-state index contributed by atoms with van der Waals surface area (Å²) in [6.07, 6.45) is 7.98. The SMILES string of the molecule is CCCCCCCCNCC(=O)NCCC#N. The average molecular weight is 239 g/mol. The van der Waals surface area contributed by atoms with Crippen molar-refractivity contribution >= 4 is 5.91 Å². The summed E-state index contributed by atoms with van der Waals surface area (Å²) >= 11 is 0. The highest BCUT2D eigenvalue weighted by molar-refractivity contribution is 5.77. The second kappa shape index (κ2) is 13.0. The molecule has 4 heteroatoms. The van der Waals surface area contributed by atoms with Crippen molar-refractivity contribution in [2.24, 2.45) is 0 Å². The lowest BCUT2D eigenvalue weighted by Crippen LogP contribution is -2.34. The van der Waals surface area contributed by atoms with Gasteiger partial charge in [-0.3, -0.25) is 4.79 Å². The topological polar surface area (TPSA) is 64.9 Å². The van der Waals surface area contributed by atoms with Gasteiger partial charge in [0.1, 0.15) is 0 Å². The van der Waals surface area contributed by atoms with E-state index in [1.165, 1.54) is 32.1 Å². The minimum Gasteiger partial charge on any atom is -0.354 e. The first kappa shape index (κ1) is 15.9. The number of amides is 1. The number of nitriles is 1. The molecule has 17 heavy (non-hydrogen) atoms. The summed E-state index contributed by atoms with van der Waals surface area (Å²) in [7, 11) is 0. The van der Waals surface area contributed by atoms with Gasteiger partial charge >= 0.3 is 0 Å². The van der Waals surface area contributed by atoms with E-state index < -0.39 is 0 Å². The third-order valence-corrected chi connectivity index (χ3v) is 2.55. The Labute approximate surface area is 105 Å². The lowest BCUT2D eigenvalue weighted by molar-refractivity contribution is -0.120. The van der Waals surface area contributed by atoms with Crippen LogP contribution in [0.3, 0.4) is 0 Å². The minimum atomic E-state index is -0.0220. The van der Waals surface area contributed by atoms with Crippen molar-refractivity contribution in [3.63, 3.8) is 0 Å². The van der Waals surface area contributed by atoms with Crippen LogP contribution in [0.15, 0.2) is 0 Å². The molecular weight excluding hydrogens is 214 g/mol. The van der Waals surface area contributed by atoms with Gasteiger partial charge in [0, 0.05) is 6.54 Å². The van der Waals surface area contributed by atoms with Crippen molar-refractivity contribution in [3.8, 4) is 6.07 Å². The number of hydrogen-bond acceptors (Lipinski definition) is 3. The zero-order chi connectivity index (χ0) is 12.8. The van der Waals surface area contributed by atoms with Gasteiger partial charge in [0.15, 0.2) is 0 Å². The lowest BCUT2D eigenvalue weighted by atomic mass is 10.1. The van der Waals surface area contributed by atoms with E-state index in [0.29, 0.717) is 19.5 Å². The lowest BCUT2D eigenvalue weighted by Gasteiger charge is -2.05. The van der Waals surface area contributed by atoms with Gasteiger partial charge in [-0.1, -0.05) is 39.0 Å². The van der Waals surface area contributed by atoms with Crippen LogP contribution in [0.25, 0.3) is 0 Å². The van der Waals surface area contributed by atoms with E-state index in [4.69, 9.17) is 5.26 Å². The first-order valence-electron chi connectivity index (χ1n) is 6.65. The Kier molecular flexibility index (Phi) is 12.2. The minimum absolute atomic E-state index is 0.0220. The fraction of sp³-hybridized carbons (Fsp3) is 0.846. The van der Waals surface area contributed by atoms with Crippen molar-refractivity contribution in [3.05, 3.63) is 0 Å². The van der Waals surface area contributed by atoms with Crippen molar-refractivity contribution in [2.45, 2.75) is 51.9 Å². The Morgan fingerprint density at radius 3 is 2.53 bits per heavy atom. The molecule has 1 amide bonds. The summed E-state index contributed by atoms with van der Waals surface area (Å²) in [6.45, 7) is 3.93. The molecule has 0 radical (unpaired) electrons. The molecule has 0 aliphatic carbocycles. The Morgan fingerprint density at radius 1 is 1.12 bits per heavy atom. The third kappa shape index (κ3) is 12.9. The highest BCUT2D eigenvalue weighted by Gasteiger charge is 1.98. The average Bonchev–Trinajstić information content (AvgIpc) is 2.33. The number of carbonyl (C=O) groups excluding carboxylic acids is 1. The monoisotopic (exact) mass is 239 g/mol. The van der Waals surface area contributed by atoms with E-state index >= 15 is 0 Å². The molecule has 0 aliphatic heterocycles. The number of unbranched alkanes of at least 4 members (excludes halogenated alkanes) is 5. The van der Waals surface area contributed by atoms with Crippen LogP contribution < -0.4 is 10.6 Å². The highest BCUT2D eigenvalue weighted by atomic mass is 16.1. The molecule has 0 heterocycles. The Morgan fingerprint density at radius 2 is 1.82 bits per heavy atom. The van der Waals surface area contributed by atoms with Crippen molar-refractivity contribution in [2.75, 3.05) is 19.6 Å². The molecular formula is C13H25N3O. The van der Waals surface area contributed by atoms with Crippen molar-refractivity contribution < 1.29 is 4.79 Å². The van der Waals surface area contributed by atoms with E-state index in [9.17, 15) is 4.79 Å². The normalized spacial score (nSPS) is 9.88. The second-order valence-corrected chi connectivity index (χ2v) is 4.20. The van der Waals surface area contributed by atoms with Crippen LogP contribution in [0.1, 0.15) is 51.9 Å².